The number of hydrogen-bond acceptors (Lipinski definition) is 3. The van der Waals surface area contributed by atoms with Gasteiger partial charge in [-0.1, -0.05) is 31.2 Å². The predicted octanol–water partition coefficient (Wildman–Crippen LogP) is 2.09. The largest absolute Gasteiger partial charge is 0.379 e. The quantitative estimate of drug-likeness (QED) is 0.686. The number of benzene rings is 1. The molecule has 0 atom stereocenters. The van der Waals surface area contributed by atoms with E-state index in [1.165, 1.54) is 5.56 Å². The summed E-state index contributed by atoms with van der Waals surface area (Å²) >= 11 is 0. The molecular weight excluding hydrogens is 202 g/mol. The molecule has 0 aliphatic heterocycles. The Hall–Kier alpha value is -0.900. The first kappa shape index (κ1) is 13.2. The number of ether oxygens (including phenoxy) is 2. The summed E-state index contributed by atoms with van der Waals surface area (Å²) in [4.78, 5) is 0. The lowest BCUT2D eigenvalue weighted by atomic mass is 10.1. The Morgan fingerprint density at radius 1 is 1.00 bits per heavy atom. The lowest BCUT2D eigenvalue weighted by Crippen LogP contribution is -2.07. The van der Waals surface area contributed by atoms with E-state index in [1.54, 1.807) is 0 Å². The van der Waals surface area contributed by atoms with Gasteiger partial charge in [-0.15, -0.1) is 0 Å². The second-order valence-electron chi connectivity index (χ2n) is 3.64. The standard InChI is InChI=1S/C13H21NO2/c1-2-7-15-8-9-16-11-13-6-4-3-5-12(13)10-14/h3-6H,2,7-11,14H2,1H3. The molecule has 16 heavy (non-hydrogen) atoms. The molecular formula is C13H21NO2. The maximum atomic E-state index is 5.64. The SMILES string of the molecule is CCCOCCOCc1ccccc1CN. The monoisotopic (exact) mass is 223 g/mol. The van der Waals surface area contributed by atoms with Crippen molar-refractivity contribution in [2.45, 2.75) is 26.5 Å². The maximum absolute atomic E-state index is 5.64. The average molecular weight is 223 g/mol. The highest BCUT2D eigenvalue weighted by molar-refractivity contribution is 5.26. The normalized spacial score (nSPS) is 10.6. The van der Waals surface area contributed by atoms with Gasteiger partial charge in [-0.2, -0.15) is 0 Å². The van der Waals surface area contributed by atoms with Crippen LogP contribution < -0.4 is 5.73 Å². The van der Waals surface area contributed by atoms with Crippen molar-refractivity contribution >= 4 is 0 Å². The van der Waals surface area contributed by atoms with Crippen LogP contribution in [0.3, 0.4) is 0 Å². The summed E-state index contributed by atoms with van der Waals surface area (Å²) in [6.07, 6.45) is 1.05. The minimum absolute atomic E-state index is 0.561. The molecule has 90 valence electrons. The number of hydrogen-bond donors (Lipinski definition) is 1. The van der Waals surface area contributed by atoms with Crippen LogP contribution in [0.4, 0.5) is 0 Å². The molecule has 1 rings (SSSR count). The first-order chi connectivity index (χ1) is 7.88. The molecule has 0 bridgehead atoms. The Morgan fingerprint density at radius 3 is 2.38 bits per heavy atom. The Kier molecular flexibility index (Phi) is 6.81. The van der Waals surface area contributed by atoms with Crippen molar-refractivity contribution in [2.75, 3.05) is 19.8 Å². The first-order valence-electron chi connectivity index (χ1n) is 5.80. The van der Waals surface area contributed by atoms with Gasteiger partial charge in [0.05, 0.1) is 19.8 Å². The fourth-order valence-corrected chi connectivity index (χ4v) is 1.44. The molecule has 0 radical (unpaired) electrons. The highest BCUT2D eigenvalue weighted by atomic mass is 16.5. The summed E-state index contributed by atoms with van der Waals surface area (Å²) in [6, 6.07) is 8.09. The van der Waals surface area contributed by atoms with Gasteiger partial charge in [-0.3, -0.25) is 0 Å². The van der Waals surface area contributed by atoms with Crippen LogP contribution in [0.1, 0.15) is 24.5 Å². The lowest BCUT2D eigenvalue weighted by molar-refractivity contribution is 0.0406. The summed E-state index contributed by atoms with van der Waals surface area (Å²) in [7, 11) is 0. The fraction of sp³-hybridized carbons (Fsp3) is 0.538. The van der Waals surface area contributed by atoms with Crippen LogP contribution >= 0.6 is 0 Å². The molecule has 1 aromatic carbocycles. The topological polar surface area (TPSA) is 44.5 Å². The van der Waals surface area contributed by atoms with Gasteiger partial charge in [0.15, 0.2) is 0 Å². The zero-order chi connectivity index (χ0) is 11.6. The van der Waals surface area contributed by atoms with E-state index in [2.05, 4.69) is 13.0 Å². The average Bonchev–Trinajstić information content (AvgIpc) is 2.34. The Morgan fingerprint density at radius 2 is 1.69 bits per heavy atom. The van der Waals surface area contributed by atoms with Crippen LogP contribution in [0.15, 0.2) is 24.3 Å². The minimum atomic E-state index is 0.561. The first-order valence-corrected chi connectivity index (χ1v) is 5.80. The zero-order valence-corrected chi connectivity index (χ0v) is 9.95. The van der Waals surface area contributed by atoms with E-state index in [1.807, 2.05) is 18.2 Å². The summed E-state index contributed by atoms with van der Waals surface area (Å²) < 4.78 is 10.9. The molecule has 0 heterocycles. The molecule has 0 spiro atoms. The van der Waals surface area contributed by atoms with Crippen LogP contribution in [0.5, 0.6) is 0 Å². The highest BCUT2D eigenvalue weighted by Crippen LogP contribution is 2.08. The van der Waals surface area contributed by atoms with E-state index in [4.69, 9.17) is 15.2 Å². The van der Waals surface area contributed by atoms with Crippen LogP contribution in [-0.4, -0.2) is 19.8 Å². The van der Waals surface area contributed by atoms with Crippen molar-refractivity contribution in [3.05, 3.63) is 35.4 Å². The summed E-state index contributed by atoms with van der Waals surface area (Å²) in [5.41, 5.74) is 7.96. The van der Waals surface area contributed by atoms with E-state index in [0.29, 0.717) is 26.4 Å². The molecule has 1 aromatic rings. The molecule has 2 N–H and O–H groups in total. The van der Waals surface area contributed by atoms with Crippen LogP contribution in [-0.2, 0) is 22.6 Å². The summed E-state index contributed by atoms with van der Waals surface area (Å²) in [5.74, 6) is 0. The summed E-state index contributed by atoms with van der Waals surface area (Å²) in [6.45, 7) is 5.38. The van der Waals surface area contributed by atoms with Crippen molar-refractivity contribution in [2.24, 2.45) is 5.73 Å². The highest BCUT2D eigenvalue weighted by Gasteiger charge is 1.99. The molecule has 3 heteroatoms. The summed E-state index contributed by atoms with van der Waals surface area (Å²) in [5, 5.41) is 0. The van der Waals surface area contributed by atoms with Crippen LogP contribution in [0.2, 0.25) is 0 Å². The van der Waals surface area contributed by atoms with E-state index in [-0.39, 0.29) is 0 Å². The van der Waals surface area contributed by atoms with Gasteiger partial charge in [0.1, 0.15) is 0 Å². The third-order valence-electron chi connectivity index (χ3n) is 2.32. The van der Waals surface area contributed by atoms with Gasteiger partial charge >= 0.3 is 0 Å². The van der Waals surface area contributed by atoms with Crippen LogP contribution in [0.25, 0.3) is 0 Å². The van der Waals surface area contributed by atoms with Crippen molar-refractivity contribution in [1.29, 1.82) is 0 Å². The second-order valence-corrected chi connectivity index (χ2v) is 3.64. The molecule has 0 aliphatic rings. The van der Waals surface area contributed by atoms with Gasteiger partial charge in [-0.25, -0.2) is 0 Å². The van der Waals surface area contributed by atoms with E-state index >= 15 is 0 Å². The van der Waals surface area contributed by atoms with Crippen LogP contribution in [0, 0.1) is 0 Å². The van der Waals surface area contributed by atoms with Crippen molar-refractivity contribution in [3.8, 4) is 0 Å². The number of nitrogens with two attached hydrogens (primary N) is 1. The molecule has 0 saturated carbocycles. The molecule has 0 amide bonds. The van der Waals surface area contributed by atoms with Gasteiger partial charge in [0, 0.05) is 13.2 Å². The van der Waals surface area contributed by atoms with Crippen molar-refractivity contribution in [1.82, 2.24) is 0 Å². The number of rotatable bonds is 8. The Labute approximate surface area is 97.6 Å². The third-order valence-corrected chi connectivity index (χ3v) is 2.32. The molecule has 0 aliphatic carbocycles. The van der Waals surface area contributed by atoms with E-state index in [0.717, 1.165) is 18.6 Å². The Bertz CT molecular complexity index is 289. The van der Waals surface area contributed by atoms with Crippen molar-refractivity contribution in [3.63, 3.8) is 0 Å². The third kappa shape index (κ3) is 4.75. The minimum Gasteiger partial charge on any atom is -0.379 e. The van der Waals surface area contributed by atoms with Gasteiger partial charge in [0.2, 0.25) is 0 Å². The van der Waals surface area contributed by atoms with Gasteiger partial charge < -0.3 is 15.2 Å². The van der Waals surface area contributed by atoms with Gasteiger partial charge in [-0.05, 0) is 17.5 Å². The zero-order valence-electron chi connectivity index (χ0n) is 9.95. The Balaban J connectivity index is 2.21. The molecule has 3 nitrogen and oxygen atoms in total. The fourth-order valence-electron chi connectivity index (χ4n) is 1.44. The van der Waals surface area contributed by atoms with E-state index in [9.17, 15) is 0 Å². The maximum Gasteiger partial charge on any atom is 0.0721 e. The molecule has 0 unspecified atom stereocenters. The molecule has 0 aromatic heterocycles. The van der Waals surface area contributed by atoms with Gasteiger partial charge in [0.25, 0.3) is 0 Å². The van der Waals surface area contributed by atoms with Crippen molar-refractivity contribution < 1.29 is 9.47 Å². The second kappa shape index (κ2) is 8.28. The molecule has 0 fully saturated rings. The molecule has 0 saturated heterocycles. The van der Waals surface area contributed by atoms with E-state index < -0.39 is 0 Å². The predicted molar refractivity (Wildman–Crippen MR) is 65.1 cm³/mol. The lowest BCUT2D eigenvalue weighted by Gasteiger charge is -2.08. The smallest absolute Gasteiger partial charge is 0.0721 e.